The number of carbonyl (C=O) groups is 6. The van der Waals surface area contributed by atoms with Gasteiger partial charge in [0.15, 0.2) is 5.78 Å². The summed E-state index contributed by atoms with van der Waals surface area (Å²) in [6, 6.07) is 3.24. The number of hydrogen-bond donors (Lipinski definition) is 3. The van der Waals surface area contributed by atoms with Crippen molar-refractivity contribution in [3.8, 4) is 0 Å². The molecule has 57 heavy (non-hydrogen) atoms. The van der Waals surface area contributed by atoms with Gasteiger partial charge in [0.05, 0.1) is 24.9 Å². The van der Waals surface area contributed by atoms with E-state index in [-0.39, 0.29) is 44.6 Å². The van der Waals surface area contributed by atoms with Crippen molar-refractivity contribution >= 4 is 51.8 Å². The summed E-state index contributed by atoms with van der Waals surface area (Å²) in [5.41, 5.74) is 1.61. The van der Waals surface area contributed by atoms with E-state index in [1.807, 2.05) is 44.2 Å². The molecule has 1 saturated heterocycles. The molecule has 3 N–H and O–H groups in total. The zero-order chi connectivity index (χ0) is 41.3. The Kier molecular flexibility index (Phi) is 12.0. The highest BCUT2D eigenvalue weighted by Crippen LogP contribution is 2.45. The van der Waals surface area contributed by atoms with Crippen LogP contribution in [0, 0.1) is 11.3 Å². The molecule has 0 aromatic heterocycles. The lowest BCUT2D eigenvalue weighted by atomic mass is 9.88. The normalized spacial score (nSPS) is 27.3. The van der Waals surface area contributed by atoms with Crippen LogP contribution in [0.15, 0.2) is 48.6 Å². The second kappa shape index (κ2) is 16.5. The molecule has 5 atom stereocenters. The van der Waals surface area contributed by atoms with Gasteiger partial charge in [-0.3, -0.25) is 28.8 Å². The first kappa shape index (κ1) is 41.6. The molecule has 3 heterocycles. The fourth-order valence-corrected chi connectivity index (χ4v) is 9.05. The highest BCUT2D eigenvalue weighted by Gasteiger charge is 2.62. The second-order valence-corrected chi connectivity index (χ2v) is 18.8. The number of ketones is 1. The number of nitrogens with one attached hydrogen (secondary N) is 3. The standard InChI is InChI=1S/C41H53N5O10S/c1-6-28-20-41(28,37(50)44-57(53,54)31-14-15-31)43-35(48)34-19-30-22-46(34)36(49)33(16-13-29(47)18-25(2)3)42-38(51)55-24-40(4,5)17-8-7-10-26-11-9-12-27-21-45(23-32(26)27)39(52)56-30/h6-7,9-12,18,28,30-31,33-34H,1,8,13-17,19-24H2,2-5H3,(H,42,51)(H,43,48)(H,44,50). The molecule has 16 heteroatoms. The Bertz CT molecular complexity index is 2000. The molecule has 308 valence electrons. The average Bonchev–Trinajstić information content (AvgIpc) is 4.04. The highest BCUT2D eigenvalue weighted by atomic mass is 32.2. The Morgan fingerprint density at radius 2 is 1.86 bits per heavy atom. The second-order valence-electron chi connectivity index (χ2n) is 16.9. The first-order valence-corrected chi connectivity index (χ1v) is 21.1. The van der Waals surface area contributed by atoms with Crippen molar-refractivity contribution in [2.75, 3.05) is 13.2 Å². The fourth-order valence-electron chi connectivity index (χ4n) is 7.68. The SMILES string of the molecule is C=CC1CC1(NC(=O)C1CC2CN1C(=O)C(CCC(=O)C=C(C)C)NC(=O)OCC(C)(C)CCC=Cc1cccc3c1CN(C3)C(=O)O2)C(=O)NS(=O)(=O)C1CC1. The number of nitrogens with zero attached hydrogens (tertiary/aromatic N) is 2. The first-order chi connectivity index (χ1) is 26.9. The monoisotopic (exact) mass is 807 g/mol. The molecule has 5 amide bonds. The molecule has 1 aromatic rings. The maximum Gasteiger partial charge on any atom is 0.410 e. The highest BCUT2D eigenvalue weighted by molar-refractivity contribution is 7.91. The van der Waals surface area contributed by atoms with E-state index in [4.69, 9.17) is 9.47 Å². The third-order valence-corrected chi connectivity index (χ3v) is 13.1. The Hall–Kier alpha value is -4.99. The van der Waals surface area contributed by atoms with Gasteiger partial charge in [-0.25, -0.2) is 18.0 Å². The summed E-state index contributed by atoms with van der Waals surface area (Å²) in [7, 11) is -3.95. The summed E-state index contributed by atoms with van der Waals surface area (Å²) in [6.07, 6.45) is 6.37. The third-order valence-electron chi connectivity index (χ3n) is 11.2. The minimum atomic E-state index is -3.95. The Morgan fingerprint density at radius 3 is 2.54 bits per heavy atom. The van der Waals surface area contributed by atoms with Gasteiger partial charge in [-0.2, -0.15) is 0 Å². The van der Waals surface area contributed by atoms with Crippen molar-refractivity contribution in [1.29, 1.82) is 0 Å². The van der Waals surface area contributed by atoms with Crippen LogP contribution < -0.4 is 15.4 Å². The molecular formula is C41H53N5O10S. The van der Waals surface area contributed by atoms with Crippen molar-refractivity contribution in [2.24, 2.45) is 11.3 Å². The number of rotatable bonds is 10. The zero-order valence-electron chi connectivity index (χ0n) is 33.0. The van der Waals surface area contributed by atoms with Gasteiger partial charge >= 0.3 is 12.2 Å². The van der Waals surface area contributed by atoms with Gasteiger partial charge in [-0.1, -0.05) is 55.8 Å². The smallest absolute Gasteiger partial charge is 0.410 e. The number of amides is 5. The number of hydrogen-bond acceptors (Lipinski definition) is 10. The Labute approximate surface area is 333 Å². The number of carbonyl (C=O) groups excluding carboxylic acids is 6. The van der Waals surface area contributed by atoms with Gasteiger partial charge in [-0.15, -0.1) is 6.58 Å². The molecule has 6 rings (SSSR count). The van der Waals surface area contributed by atoms with E-state index in [9.17, 15) is 37.2 Å². The van der Waals surface area contributed by atoms with Crippen molar-refractivity contribution in [2.45, 2.75) is 121 Å². The van der Waals surface area contributed by atoms with Gasteiger partial charge in [0.2, 0.25) is 21.8 Å². The molecule has 0 radical (unpaired) electrons. The van der Waals surface area contributed by atoms with E-state index in [1.54, 1.807) is 18.7 Å². The van der Waals surface area contributed by atoms with Gasteiger partial charge in [0.1, 0.15) is 23.7 Å². The maximum absolute atomic E-state index is 14.5. The van der Waals surface area contributed by atoms with Gasteiger partial charge in [-0.05, 0) is 80.6 Å². The molecule has 5 unspecified atom stereocenters. The van der Waals surface area contributed by atoms with Crippen molar-refractivity contribution < 1.29 is 46.7 Å². The van der Waals surface area contributed by atoms with Crippen LogP contribution in [-0.2, 0) is 51.8 Å². The predicted octanol–water partition coefficient (Wildman–Crippen LogP) is 4.02. The lowest BCUT2D eigenvalue weighted by Crippen LogP contribution is -2.58. The predicted molar refractivity (Wildman–Crippen MR) is 209 cm³/mol. The number of ether oxygens (including phenoxy) is 2. The van der Waals surface area contributed by atoms with Crippen LogP contribution >= 0.6 is 0 Å². The van der Waals surface area contributed by atoms with Crippen LogP contribution in [0.3, 0.4) is 0 Å². The minimum absolute atomic E-state index is 0.0395. The molecule has 3 fully saturated rings. The Balaban J connectivity index is 1.30. The molecule has 0 spiro atoms. The largest absolute Gasteiger partial charge is 0.449 e. The van der Waals surface area contributed by atoms with Gasteiger partial charge < -0.3 is 25.0 Å². The molecule has 2 saturated carbocycles. The third kappa shape index (κ3) is 9.77. The van der Waals surface area contributed by atoms with Crippen LogP contribution in [0.2, 0.25) is 0 Å². The number of allylic oxidation sites excluding steroid dienone is 3. The van der Waals surface area contributed by atoms with Crippen molar-refractivity contribution in [3.05, 3.63) is 65.3 Å². The van der Waals surface area contributed by atoms with Crippen molar-refractivity contribution in [3.63, 3.8) is 0 Å². The number of benzene rings is 1. The van der Waals surface area contributed by atoms with Crippen LogP contribution in [0.5, 0.6) is 0 Å². The van der Waals surface area contributed by atoms with Gasteiger partial charge in [0.25, 0.3) is 5.91 Å². The lowest BCUT2D eigenvalue weighted by Gasteiger charge is -2.30. The fraction of sp³-hybridized carbons (Fsp3) is 0.561. The molecule has 4 bridgehead atoms. The van der Waals surface area contributed by atoms with E-state index in [0.29, 0.717) is 38.8 Å². The molecule has 1 aromatic carbocycles. The molecular weight excluding hydrogens is 755 g/mol. The van der Waals surface area contributed by atoms with E-state index in [1.165, 1.54) is 17.1 Å². The average molecular weight is 808 g/mol. The summed E-state index contributed by atoms with van der Waals surface area (Å²) in [5, 5.41) is 4.66. The number of alkyl carbamates (subject to hydrolysis) is 1. The number of fused-ring (bicyclic) bond motifs is 3. The molecule has 15 nitrogen and oxygen atoms in total. The quantitative estimate of drug-likeness (QED) is 0.229. The summed E-state index contributed by atoms with van der Waals surface area (Å²) >= 11 is 0. The molecule has 2 aliphatic carbocycles. The lowest BCUT2D eigenvalue weighted by molar-refractivity contribution is -0.141. The minimum Gasteiger partial charge on any atom is -0.449 e. The number of cyclic esters (lactones) is 1. The molecule has 3 aliphatic heterocycles. The van der Waals surface area contributed by atoms with Crippen LogP contribution in [-0.4, -0.2) is 96.0 Å². The first-order valence-electron chi connectivity index (χ1n) is 19.6. The molecule has 5 aliphatic rings. The van der Waals surface area contributed by atoms with E-state index in [2.05, 4.69) is 21.9 Å². The van der Waals surface area contributed by atoms with E-state index in [0.717, 1.165) is 22.3 Å². The van der Waals surface area contributed by atoms with Crippen molar-refractivity contribution in [1.82, 2.24) is 25.2 Å². The zero-order valence-corrected chi connectivity index (χ0v) is 33.8. The summed E-state index contributed by atoms with van der Waals surface area (Å²) in [5.74, 6) is -3.26. The summed E-state index contributed by atoms with van der Waals surface area (Å²) < 4.78 is 39.1. The summed E-state index contributed by atoms with van der Waals surface area (Å²) in [4.78, 5) is 84.8. The van der Waals surface area contributed by atoms with Gasteiger partial charge in [0, 0.05) is 25.3 Å². The van der Waals surface area contributed by atoms with Crippen LogP contribution in [0.25, 0.3) is 6.08 Å². The summed E-state index contributed by atoms with van der Waals surface area (Å²) in [6.45, 7) is 11.6. The number of sulfonamides is 1. The van der Waals surface area contributed by atoms with Crippen LogP contribution in [0.1, 0.15) is 95.8 Å². The maximum atomic E-state index is 14.5. The van der Waals surface area contributed by atoms with E-state index >= 15 is 0 Å². The Morgan fingerprint density at radius 1 is 1.11 bits per heavy atom. The topological polar surface area (TPSA) is 198 Å². The van der Waals surface area contributed by atoms with E-state index < -0.39 is 80.2 Å². The van der Waals surface area contributed by atoms with Crippen LogP contribution in [0.4, 0.5) is 9.59 Å².